The highest BCUT2D eigenvalue weighted by atomic mass is 14.9. The topological polar surface area (TPSA) is 25.8 Å². The molecule has 2 heteroatoms. The maximum Gasteiger partial charge on any atom is 0.126 e. The highest BCUT2D eigenvalue weighted by Gasteiger charge is 2.21. The molecule has 0 saturated heterocycles. The average Bonchev–Trinajstić information content (AvgIpc) is 2.55. The van der Waals surface area contributed by atoms with Crippen molar-refractivity contribution in [3.8, 4) is 22.5 Å². The van der Waals surface area contributed by atoms with Crippen molar-refractivity contribution in [2.45, 2.75) is 19.8 Å². The summed E-state index contributed by atoms with van der Waals surface area (Å²) in [7, 11) is 0. The number of benzene rings is 2. The van der Waals surface area contributed by atoms with E-state index >= 15 is 0 Å². The van der Waals surface area contributed by atoms with E-state index < -0.39 is 0 Å². The van der Waals surface area contributed by atoms with Gasteiger partial charge in [-0.15, -0.1) is 0 Å². The number of nitrogens with zero attached hydrogens (tertiary/aromatic N) is 2. The standard InChI is InChI=1S/C19H16N2/c1-13-20-18(15-8-3-2-4-9-15)17-12-11-14-7-5-6-10-16(14)19(17)21-13/h2-10H,11-12H2,1H3. The van der Waals surface area contributed by atoms with Gasteiger partial charge in [-0.05, 0) is 25.3 Å². The number of hydrogen-bond acceptors (Lipinski definition) is 2. The van der Waals surface area contributed by atoms with Crippen LogP contribution in [0, 0.1) is 6.92 Å². The smallest absolute Gasteiger partial charge is 0.126 e. The molecule has 0 spiro atoms. The van der Waals surface area contributed by atoms with Crippen molar-refractivity contribution in [1.29, 1.82) is 0 Å². The first kappa shape index (κ1) is 12.3. The molecule has 0 unspecified atom stereocenters. The minimum absolute atomic E-state index is 0.837. The first-order valence-electron chi connectivity index (χ1n) is 7.34. The van der Waals surface area contributed by atoms with Gasteiger partial charge in [0.1, 0.15) is 5.82 Å². The molecular formula is C19H16N2. The van der Waals surface area contributed by atoms with Gasteiger partial charge < -0.3 is 0 Å². The molecule has 102 valence electrons. The van der Waals surface area contributed by atoms with Crippen LogP contribution in [-0.4, -0.2) is 9.97 Å². The van der Waals surface area contributed by atoms with Gasteiger partial charge in [0.25, 0.3) is 0 Å². The Balaban J connectivity index is 1.99. The largest absolute Gasteiger partial charge is 0.233 e. The Kier molecular flexibility index (Phi) is 2.81. The van der Waals surface area contributed by atoms with Crippen LogP contribution in [0.1, 0.15) is 17.0 Å². The number of fused-ring (bicyclic) bond motifs is 3. The van der Waals surface area contributed by atoms with Crippen LogP contribution in [0.2, 0.25) is 0 Å². The summed E-state index contributed by atoms with van der Waals surface area (Å²) in [5, 5.41) is 0. The molecule has 1 aromatic heterocycles. The molecule has 1 aliphatic rings. The molecule has 2 aromatic carbocycles. The Morgan fingerprint density at radius 2 is 1.48 bits per heavy atom. The van der Waals surface area contributed by atoms with Crippen LogP contribution in [0.3, 0.4) is 0 Å². The summed E-state index contributed by atoms with van der Waals surface area (Å²) >= 11 is 0. The Morgan fingerprint density at radius 1 is 0.762 bits per heavy atom. The molecule has 21 heavy (non-hydrogen) atoms. The maximum atomic E-state index is 4.73. The monoisotopic (exact) mass is 272 g/mol. The number of aromatic nitrogens is 2. The molecule has 4 rings (SSSR count). The van der Waals surface area contributed by atoms with Gasteiger partial charge in [-0.2, -0.15) is 0 Å². The second-order valence-corrected chi connectivity index (χ2v) is 5.47. The third kappa shape index (κ3) is 2.04. The lowest BCUT2D eigenvalue weighted by Gasteiger charge is -2.21. The summed E-state index contributed by atoms with van der Waals surface area (Å²) in [4.78, 5) is 9.45. The molecule has 0 amide bonds. The third-order valence-corrected chi connectivity index (χ3v) is 4.08. The summed E-state index contributed by atoms with van der Waals surface area (Å²) in [5.41, 5.74) is 7.32. The second kappa shape index (κ2) is 4.81. The van der Waals surface area contributed by atoms with Crippen molar-refractivity contribution >= 4 is 0 Å². The van der Waals surface area contributed by atoms with Crippen LogP contribution in [0.4, 0.5) is 0 Å². The normalized spacial score (nSPS) is 12.6. The molecule has 0 N–H and O–H groups in total. The zero-order valence-electron chi connectivity index (χ0n) is 12.0. The Morgan fingerprint density at radius 3 is 2.33 bits per heavy atom. The van der Waals surface area contributed by atoms with Gasteiger partial charge >= 0.3 is 0 Å². The molecule has 2 nitrogen and oxygen atoms in total. The van der Waals surface area contributed by atoms with E-state index in [4.69, 9.17) is 9.97 Å². The Labute approximate surface area is 124 Å². The van der Waals surface area contributed by atoms with E-state index in [1.54, 1.807) is 0 Å². The summed E-state index contributed by atoms with van der Waals surface area (Å²) < 4.78 is 0. The molecule has 1 heterocycles. The molecule has 0 fully saturated rings. The lowest BCUT2D eigenvalue weighted by molar-refractivity contribution is 0.900. The van der Waals surface area contributed by atoms with E-state index in [1.165, 1.54) is 22.3 Å². The van der Waals surface area contributed by atoms with Gasteiger partial charge in [0.05, 0.1) is 11.4 Å². The quantitative estimate of drug-likeness (QED) is 0.663. The Hall–Kier alpha value is -2.48. The molecule has 0 bridgehead atoms. The molecule has 0 aliphatic heterocycles. The van der Waals surface area contributed by atoms with Crippen molar-refractivity contribution in [2.75, 3.05) is 0 Å². The molecular weight excluding hydrogens is 256 g/mol. The van der Waals surface area contributed by atoms with Crippen molar-refractivity contribution < 1.29 is 0 Å². The fourth-order valence-electron chi connectivity index (χ4n) is 3.12. The molecule has 0 radical (unpaired) electrons. The molecule has 3 aromatic rings. The molecule has 0 atom stereocenters. The number of rotatable bonds is 1. The summed E-state index contributed by atoms with van der Waals surface area (Å²) in [6.45, 7) is 1.98. The van der Waals surface area contributed by atoms with Gasteiger partial charge in [0, 0.05) is 16.7 Å². The minimum atomic E-state index is 0.837. The first-order valence-corrected chi connectivity index (χ1v) is 7.34. The summed E-state index contributed by atoms with van der Waals surface area (Å²) in [6.07, 6.45) is 2.08. The van der Waals surface area contributed by atoms with Crippen molar-refractivity contribution in [3.63, 3.8) is 0 Å². The summed E-state index contributed by atoms with van der Waals surface area (Å²) in [6, 6.07) is 19.0. The van der Waals surface area contributed by atoms with E-state index in [9.17, 15) is 0 Å². The van der Waals surface area contributed by atoms with E-state index in [2.05, 4.69) is 48.5 Å². The summed E-state index contributed by atoms with van der Waals surface area (Å²) in [5.74, 6) is 0.837. The predicted octanol–water partition coefficient (Wildman–Crippen LogP) is 4.22. The highest BCUT2D eigenvalue weighted by molar-refractivity contribution is 5.77. The van der Waals surface area contributed by atoms with Gasteiger partial charge in [0.2, 0.25) is 0 Å². The van der Waals surface area contributed by atoms with Crippen LogP contribution in [0.25, 0.3) is 22.5 Å². The average molecular weight is 272 g/mol. The lowest BCUT2D eigenvalue weighted by Crippen LogP contribution is -2.10. The van der Waals surface area contributed by atoms with Gasteiger partial charge in [-0.3, -0.25) is 0 Å². The van der Waals surface area contributed by atoms with Crippen molar-refractivity contribution in [1.82, 2.24) is 9.97 Å². The fourth-order valence-corrected chi connectivity index (χ4v) is 3.12. The van der Waals surface area contributed by atoms with Crippen LogP contribution in [0.5, 0.6) is 0 Å². The fraction of sp³-hybridized carbons (Fsp3) is 0.158. The van der Waals surface area contributed by atoms with E-state index in [0.717, 1.165) is 30.1 Å². The van der Waals surface area contributed by atoms with Crippen LogP contribution in [-0.2, 0) is 12.8 Å². The van der Waals surface area contributed by atoms with Crippen LogP contribution in [0.15, 0.2) is 54.6 Å². The van der Waals surface area contributed by atoms with Gasteiger partial charge in [0.15, 0.2) is 0 Å². The van der Waals surface area contributed by atoms with Crippen molar-refractivity contribution in [2.24, 2.45) is 0 Å². The third-order valence-electron chi connectivity index (χ3n) is 4.08. The molecule has 1 aliphatic carbocycles. The zero-order chi connectivity index (χ0) is 14.2. The van der Waals surface area contributed by atoms with Crippen LogP contribution >= 0.6 is 0 Å². The molecule has 0 saturated carbocycles. The predicted molar refractivity (Wildman–Crippen MR) is 85.0 cm³/mol. The van der Waals surface area contributed by atoms with Crippen LogP contribution < -0.4 is 0 Å². The second-order valence-electron chi connectivity index (χ2n) is 5.47. The van der Waals surface area contributed by atoms with E-state index in [1.807, 2.05) is 13.0 Å². The lowest BCUT2D eigenvalue weighted by atomic mass is 9.87. The number of aryl methyl sites for hydroxylation is 2. The highest BCUT2D eigenvalue weighted by Crippen LogP contribution is 2.36. The first-order chi connectivity index (χ1) is 10.3. The number of hydrogen-bond donors (Lipinski definition) is 0. The van der Waals surface area contributed by atoms with Crippen molar-refractivity contribution in [3.05, 3.63) is 71.5 Å². The SMILES string of the molecule is Cc1nc(-c2ccccc2)c2c(n1)-c1ccccc1CC2. The van der Waals surface area contributed by atoms with E-state index in [0.29, 0.717) is 0 Å². The maximum absolute atomic E-state index is 4.73. The Bertz CT molecular complexity index is 790. The zero-order valence-corrected chi connectivity index (χ0v) is 12.0. The minimum Gasteiger partial charge on any atom is -0.233 e. The van der Waals surface area contributed by atoms with Gasteiger partial charge in [-0.1, -0.05) is 54.6 Å². The van der Waals surface area contributed by atoms with E-state index in [-0.39, 0.29) is 0 Å². The van der Waals surface area contributed by atoms with Gasteiger partial charge in [-0.25, -0.2) is 9.97 Å².